The van der Waals surface area contributed by atoms with Gasteiger partial charge in [-0.1, -0.05) is 42.5 Å². The maximum absolute atomic E-state index is 10.3. The highest BCUT2D eigenvalue weighted by Gasteiger charge is 2.19. The summed E-state index contributed by atoms with van der Waals surface area (Å²) >= 11 is 0. The van der Waals surface area contributed by atoms with E-state index in [1.54, 1.807) is 36.5 Å². The highest BCUT2D eigenvalue weighted by Crippen LogP contribution is 2.20. The fourth-order valence-electron chi connectivity index (χ4n) is 1.99. The van der Waals surface area contributed by atoms with Crippen molar-refractivity contribution in [2.75, 3.05) is 7.05 Å². The molecule has 110 valence electrons. The van der Waals surface area contributed by atoms with Gasteiger partial charge in [0.1, 0.15) is 11.9 Å². The maximum atomic E-state index is 10.3. The molecule has 21 heavy (non-hydrogen) atoms. The minimum absolute atomic E-state index is 0.186. The number of hydrazone groups is 1. The molecule has 0 saturated carbocycles. The van der Waals surface area contributed by atoms with Crippen LogP contribution < -0.4 is 0 Å². The Hall–Kier alpha value is -2.33. The molecule has 0 saturated heterocycles. The number of phenolic OH excluding ortho intramolecular Hbond substituents is 1. The Balaban J connectivity index is 2.06. The number of rotatable bonds is 5. The molecule has 0 aromatic heterocycles. The smallest absolute Gasteiger partial charge is 0.124 e. The number of phenols is 1. The van der Waals surface area contributed by atoms with Gasteiger partial charge in [0.2, 0.25) is 0 Å². The van der Waals surface area contributed by atoms with E-state index in [1.165, 1.54) is 0 Å². The van der Waals surface area contributed by atoms with Crippen molar-refractivity contribution in [3.05, 3.63) is 65.7 Å². The van der Waals surface area contributed by atoms with Gasteiger partial charge < -0.3 is 10.2 Å². The number of para-hydroxylation sites is 1. The summed E-state index contributed by atoms with van der Waals surface area (Å²) < 4.78 is 0. The van der Waals surface area contributed by atoms with E-state index < -0.39 is 6.10 Å². The van der Waals surface area contributed by atoms with E-state index in [4.69, 9.17) is 0 Å². The van der Waals surface area contributed by atoms with Gasteiger partial charge in [-0.2, -0.15) is 5.10 Å². The van der Waals surface area contributed by atoms with Crippen LogP contribution in [-0.2, 0) is 0 Å². The fourth-order valence-corrected chi connectivity index (χ4v) is 1.99. The van der Waals surface area contributed by atoms with Crippen LogP contribution in [0, 0.1) is 0 Å². The molecule has 0 unspecified atom stereocenters. The first-order valence-corrected chi connectivity index (χ1v) is 6.87. The van der Waals surface area contributed by atoms with Crippen LogP contribution in [0.4, 0.5) is 0 Å². The van der Waals surface area contributed by atoms with Crippen LogP contribution in [0.5, 0.6) is 5.75 Å². The Bertz CT molecular complexity index is 599. The zero-order valence-corrected chi connectivity index (χ0v) is 12.2. The number of likely N-dealkylation sites (N-methyl/N-ethyl adjacent to an activating group) is 1. The monoisotopic (exact) mass is 284 g/mol. The second-order valence-corrected chi connectivity index (χ2v) is 4.97. The Kier molecular flexibility index (Phi) is 4.95. The van der Waals surface area contributed by atoms with Crippen molar-refractivity contribution in [1.82, 2.24) is 5.01 Å². The first-order valence-electron chi connectivity index (χ1n) is 6.87. The summed E-state index contributed by atoms with van der Waals surface area (Å²) in [7, 11) is 1.80. The number of benzene rings is 2. The zero-order valence-electron chi connectivity index (χ0n) is 12.2. The largest absolute Gasteiger partial charge is 0.507 e. The fraction of sp³-hybridized carbons (Fsp3) is 0.235. The molecule has 0 bridgehead atoms. The second kappa shape index (κ2) is 6.90. The van der Waals surface area contributed by atoms with Crippen LogP contribution in [0.25, 0.3) is 0 Å². The van der Waals surface area contributed by atoms with Crippen molar-refractivity contribution >= 4 is 6.21 Å². The minimum atomic E-state index is -0.627. The quantitative estimate of drug-likeness (QED) is 0.655. The zero-order chi connectivity index (χ0) is 15.2. The normalized spacial score (nSPS) is 14.0. The molecule has 2 N–H and O–H groups in total. The molecule has 4 heteroatoms. The van der Waals surface area contributed by atoms with E-state index in [-0.39, 0.29) is 11.8 Å². The number of aliphatic hydroxyl groups excluding tert-OH is 1. The molecule has 4 nitrogen and oxygen atoms in total. The highest BCUT2D eigenvalue weighted by molar-refractivity contribution is 5.82. The van der Waals surface area contributed by atoms with Gasteiger partial charge >= 0.3 is 0 Å². The van der Waals surface area contributed by atoms with E-state index in [0.717, 1.165) is 5.56 Å². The Morgan fingerprint density at radius 3 is 2.33 bits per heavy atom. The first kappa shape index (κ1) is 15.1. The molecule has 0 spiro atoms. The van der Waals surface area contributed by atoms with Crippen molar-refractivity contribution < 1.29 is 10.2 Å². The van der Waals surface area contributed by atoms with Crippen LogP contribution in [0.1, 0.15) is 24.2 Å². The third-order valence-corrected chi connectivity index (χ3v) is 3.50. The molecule has 2 rings (SSSR count). The summed E-state index contributed by atoms with van der Waals surface area (Å²) in [6.07, 6.45) is 0.960. The van der Waals surface area contributed by atoms with Crippen molar-refractivity contribution in [2.24, 2.45) is 5.10 Å². The van der Waals surface area contributed by atoms with Gasteiger partial charge in [-0.3, -0.25) is 5.01 Å². The molecule has 0 aliphatic rings. The maximum Gasteiger partial charge on any atom is 0.124 e. The van der Waals surface area contributed by atoms with Crippen LogP contribution in [0.15, 0.2) is 59.7 Å². The van der Waals surface area contributed by atoms with Crippen LogP contribution in [0.2, 0.25) is 0 Å². The molecule has 2 aromatic carbocycles. The Morgan fingerprint density at radius 2 is 1.67 bits per heavy atom. The number of hydrogen-bond acceptors (Lipinski definition) is 4. The van der Waals surface area contributed by atoms with Crippen molar-refractivity contribution in [3.63, 3.8) is 0 Å². The van der Waals surface area contributed by atoms with Gasteiger partial charge in [0.25, 0.3) is 0 Å². The Labute approximate surface area is 125 Å². The molecule has 0 aliphatic heterocycles. The van der Waals surface area contributed by atoms with Crippen LogP contribution in [0.3, 0.4) is 0 Å². The van der Waals surface area contributed by atoms with Gasteiger partial charge in [0.05, 0.1) is 12.3 Å². The average molecular weight is 284 g/mol. The lowest BCUT2D eigenvalue weighted by Crippen LogP contribution is -2.30. The van der Waals surface area contributed by atoms with Gasteiger partial charge in [-0.05, 0) is 24.6 Å². The number of aliphatic hydroxyl groups is 1. The molecular formula is C17H20N2O2. The topological polar surface area (TPSA) is 56.1 Å². The third-order valence-electron chi connectivity index (χ3n) is 3.50. The number of hydrogen-bond donors (Lipinski definition) is 2. The number of nitrogens with zero attached hydrogens (tertiary/aromatic N) is 2. The Morgan fingerprint density at radius 1 is 1.05 bits per heavy atom. The van der Waals surface area contributed by atoms with Crippen LogP contribution in [-0.4, -0.2) is 34.5 Å². The van der Waals surface area contributed by atoms with Gasteiger partial charge in [0.15, 0.2) is 0 Å². The van der Waals surface area contributed by atoms with Gasteiger partial charge in [-0.15, -0.1) is 0 Å². The summed E-state index contributed by atoms with van der Waals surface area (Å²) in [5, 5.41) is 26.0. The van der Waals surface area contributed by atoms with Crippen LogP contribution >= 0.6 is 0 Å². The summed E-state index contributed by atoms with van der Waals surface area (Å²) in [6.45, 7) is 1.90. The van der Waals surface area contributed by atoms with E-state index in [2.05, 4.69) is 5.10 Å². The lowest BCUT2D eigenvalue weighted by atomic mass is 10.0. The van der Waals surface area contributed by atoms with Crippen molar-refractivity contribution in [2.45, 2.75) is 19.1 Å². The molecule has 0 aliphatic carbocycles. The molecule has 0 fully saturated rings. The molecule has 2 aromatic rings. The standard InChI is InChI=1S/C17H20N2O2/c1-13(17(21)14-8-4-3-5-9-14)19(2)18-12-15-10-6-7-11-16(15)20/h3-13,17,20-21H,1-2H3/b18-12+/t13-,17+/m0/s1. The summed E-state index contributed by atoms with van der Waals surface area (Å²) in [5.41, 5.74) is 1.50. The predicted octanol–water partition coefficient (Wildman–Crippen LogP) is 2.78. The summed E-state index contributed by atoms with van der Waals surface area (Å²) in [6, 6.07) is 16.3. The summed E-state index contributed by atoms with van der Waals surface area (Å²) in [5.74, 6) is 0.186. The number of aromatic hydroxyl groups is 1. The predicted molar refractivity (Wildman–Crippen MR) is 84.3 cm³/mol. The van der Waals surface area contributed by atoms with Gasteiger partial charge in [0, 0.05) is 12.6 Å². The van der Waals surface area contributed by atoms with E-state index in [1.807, 2.05) is 43.3 Å². The van der Waals surface area contributed by atoms with E-state index >= 15 is 0 Å². The lowest BCUT2D eigenvalue weighted by molar-refractivity contribution is 0.0748. The van der Waals surface area contributed by atoms with E-state index in [9.17, 15) is 10.2 Å². The minimum Gasteiger partial charge on any atom is -0.507 e. The summed E-state index contributed by atoms with van der Waals surface area (Å²) in [4.78, 5) is 0. The first-order chi connectivity index (χ1) is 10.1. The highest BCUT2D eigenvalue weighted by atomic mass is 16.3. The molecular weight excluding hydrogens is 264 g/mol. The molecule has 0 amide bonds. The van der Waals surface area contributed by atoms with Crippen molar-refractivity contribution in [3.8, 4) is 5.75 Å². The van der Waals surface area contributed by atoms with E-state index in [0.29, 0.717) is 5.56 Å². The molecule has 0 heterocycles. The SMILES string of the molecule is C[C@@H]([C@@H](O)c1ccccc1)N(C)/N=C/c1ccccc1O. The average Bonchev–Trinajstić information content (AvgIpc) is 2.53. The lowest BCUT2D eigenvalue weighted by Gasteiger charge is -2.26. The second-order valence-electron chi connectivity index (χ2n) is 4.97. The van der Waals surface area contributed by atoms with Crippen molar-refractivity contribution in [1.29, 1.82) is 0 Å². The molecule has 2 atom stereocenters. The third kappa shape index (κ3) is 3.83. The van der Waals surface area contributed by atoms with Gasteiger partial charge in [-0.25, -0.2) is 0 Å². The molecule has 0 radical (unpaired) electrons.